The topological polar surface area (TPSA) is 110 Å². The predicted molar refractivity (Wildman–Crippen MR) is 143 cm³/mol. The van der Waals surface area contributed by atoms with Gasteiger partial charge in [-0.2, -0.15) is 0 Å². The van der Waals surface area contributed by atoms with Crippen molar-refractivity contribution in [1.82, 2.24) is 9.88 Å². The molecule has 2 aliphatic rings. The van der Waals surface area contributed by atoms with Gasteiger partial charge in [0.1, 0.15) is 6.04 Å². The summed E-state index contributed by atoms with van der Waals surface area (Å²) in [7, 11) is 0. The molecular weight excluding hydrogens is 524 g/mol. The number of carbonyl (C=O) groups excluding carboxylic acids is 1. The third-order valence-electron chi connectivity index (χ3n) is 6.73. The number of H-pyrrole nitrogens is 1. The van der Waals surface area contributed by atoms with Crippen LogP contribution in [0.1, 0.15) is 16.7 Å². The van der Waals surface area contributed by atoms with Crippen molar-refractivity contribution < 1.29 is 33.6 Å². The molecule has 0 spiro atoms. The lowest BCUT2D eigenvalue weighted by Crippen LogP contribution is -2.45. The summed E-state index contributed by atoms with van der Waals surface area (Å²) in [5, 5.41) is 11.6. The Hall–Kier alpha value is -4.63. The van der Waals surface area contributed by atoms with Crippen molar-refractivity contribution in [2.24, 2.45) is 0 Å². The lowest BCUT2D eigenvalue weighted by Gasteiger charge is -2.28. The van der Waals surface area contributed by atoms with Gasteiger partial charge < -0.3 is 33.9 Å². The molecule has 3 heterocycles. The number of hydrogen-bond acceptors (Lipinski definition) is 6. The molecule has 0 saturated heterocycles. The Kier molecular flexibility index (Phi) is 6.50. The van der Waals surface area contributed by atoms with Crippen LogP contribution in [0.25, 0.3) is 17.0 Å². The average Bonchev–Trinajstić information content (AvgIpc) is 3.68. The van der Waals surface area contributed by atoms with Crippen LogP contribution in [0.2, 0.25) is 5.02 Å². The summed E-state index contributed by atoms with van der Waals surface area (Å²) in [5.41, 5.74) is 2.91. The number of benzene rings is 3. The molecule has 1 aromatic heterocycles. The SMILES string of the molecule is O=C(O)[C@H](Cc1c[nH]c2ccccc12)N(Cc1cc2c(cc1Cl)OCO2)C(=O)/C=C/c1ccc2c(c1)OCO2. The molecule has 2 aliphatic heterocycles. The summed E-state index contributed by atoms with van der Waals surface area (Å²) in [6, 6.07) is 15.0. The van der Waals surface area contributed by atoms with Crippen molar-refractivity contribution in [3.63, 3.8) is 0 Å². The molecule has 10 heteroatoms. The third-order valence-corrected chi connectivity index (χ3v) is 7.08. The zero-order valence-electron chi connectivity index (χ0n) is 20.6. The number of halogens is 1. The fraction of sp³-hybridized carbons (Fsp3) is 0.172. The summed E-state index contributed by atoms with van der Waals surface area (Å²) >= 11 is 6.52. The van der Waals surface area contributed by atoms with E-state index in [9.17, 15) is 14.7 Å². The first-order chi connectivity index (χ1) is 19.0. The molecule has 39 heavy (non-hydrogen) atoms. The highest BCUT2D eigenvalue weighted by Crippen LogP contribution is 2.38. The quantitative estimate of drug-likeness (QED) is 0.299. The second kappa shape index (κ2) is 10.3. The van der Waals surface area contributed by atoms with Crippen LogP contribution >= 0.6 is 11.6 Å². The number of aromatic amines is 1. The van der Waals surface area contributed by atoms with Crippen LogP contribution in [-0.4, -0.2) is 46.5 Å². The van der Waals surface area contributed by atoms with Gasteiger partial charge in [-0.1, -0.05) is 35.9 Å². The van der Waals surface area contributed by atoms with Crippen molar-refractivity contribution in [2.45, 2.75) is 19.0 Å². The number of ether oxygens (including phenoxy) is 4. The number of carboxylic acid groups (broad SMARTS) is 1. The van der Waals surface area contributed by atoms with E-state index in [1.807, 2.05) is 24.3 Å². The number of aromatic nitrogens is 1. The molecule has 0 radical (unpaired) electrons. The Morgan fingerprint density at radius 3 is 2.46 bits per heavy atom. The third kappa shape index (κ3) is 4.96. The summed E-state index contributed by atoms with van der Waals surface area (Å²) in [6.07, 6.45) is 4.83. The fourth-order valence-corrected chi connectivity index (χ4v) is 4.94. The number of carbonyl (C=O) groups is 2. The predicted octanol–water partition coefficient (Wildman–Crippen LogP) is 5.02. The van der Waals surface area contributed by atoms with Gasteiger partial charge in [0.15, 0.2) is 23.0 Å². The minimum atomic E-state index is -1.18. The largest absolute Gasteiger partial charge is 0.480 e. The summed E-state index contributed by atoms with van der Waals surface area (Å²) < 4.78 is 21.6. The first-order valence-corrected chi connectivity index (χ1v) is 12.6. The number of hydrogen-bond donors (Lipinski definition) is 2. The maximum Gasteiger partial charge on any atom is 0.326 e. The van der Waals surface area contributed by atoms with Crippen molar-refractivity contribution >= 4 is 40.5 Å². The number of para-hydroxylation sites is 1. The molecule has 0 unspecified atom stereocenters. The van der Waals surface area contributed by atoms with Crippen molar-refractivity contribution in [3.05, 3.63) is 88.6 Å². The number of nitrogens with one attached hydrogen (secondary N) is 1. The maximum absolute atomic E-state index is 13.7. The normalized spacial score (nSPS) is 14.2. The molecule has 4 aromatic rings. The first kappa shape index (κ1) is 24.7. The standard InChI is InChI=1S/C29H23ClN2O7/c30-21-12-27-26(38-16-39-27)11-19(21)14-32(28(33)8-6-17-5-7-24-25(9-17)37-15-36-24)23(29(34)35)10-18-13-31-22-4-2-1-3-20(18)22/h1-9,11-13,23,31H,10,14-16H2,(H,34,35)/b8-6+/t23-/m0/s1. The molecule has 0 bridgehead atoms. The monoisotopic (exact) mass is 546 g/mol. The van der Waals surface area contributed by atoms with Crippen molar-refractivity contribution in [3.8, 4) is 23.0 Å². The van der Waals surface area contributed by atoms with Crippen LogP contribution in [0.5, 0.6) is 23.0 Å². The van der Waals surface area contributed by atoms with Crippen LogP contribution in [0.15, 0.2) is 66.9 Å². The Balaban J connectivity index is 1.34. The van der Waals surface area contributed by atoms with Gasteiger partial charge in [-0.3, -0.25) is 4.79 Å². The highest BCUT2D eigenvalue weighted by atomic mass is 35.5. The first-order valence-electron chi connectivity index (χ1n) is 12.2. The number of rotatable bonds is 8. The fourth-order valence-electron chi connectivity index (χ4n) is 4.73. The van der Waals surface area contributed by atoms with Crippen molar-refractivity contribution in [2.75, 3.05) is 13.6 Å². The minimum Gasteiger partial charge on any atom is -0.480 e. The van der Waals surface area contributed by atoms with E-state index in [1.54, 1.807) is 42.6 Å². The van der Waals surface area contributed by atoms with Crippen LogP contribution in [0, 0.1) is 0 Å². The molecule has 1 atom stereocenters. The van der Waals surface area contributed by atoms with E-state index in [1.165, 1.54) is 11.0 Å². The van der Waals surface area contributed by atoms with Crippen LogP contribution in [0.3, 0.4) is 0 Å². The molecular formula is C29H23ClN2O7. The Bertz CT molecular complexity index is 1610. The number of amides is 1. The lowest BCUT2D eigenvalue weighted by molar-refractivity contribution is -0.148. The molecule has 0 fully saturated rings. The van der Waals surface area contributed by atoms with Gasteiger partial charge in [-0.05, 0) is 47.0 Å². The van der Waals surface area contributed by atoms with E-state index in [2.05, 4.69) is 4.98 Å². The minimum absolute atomic E-state index is 0.0564. The van der Waals surface area contributed by atoms with Crippen LogP contribution < -0.4 is 18.9 Å². The van der Waals surface area contributed by atoms with Gasteiger partial charge in [-0.25, -0.2) is 4.79 Å². The smallest absolute Gasteiger partial charge is 0.326 e. The van der Waals surface area contributed by atoms with Crippen LogP contribution in [-0.2, 0) is 22.6 Å². The van der Waals surface area contributed by atoms with Gasteiger partial charge in [0.25, 0.3) is 0 Å². The average molecular weight is 547 g/mol. The van der Waals surface area contributed by atoms with E-state index in [0.29, 0.717) is 39.1 Å². The molecule has 6 rings (SSSR count). The molecule has 9 nitrogen and oxygen atoms in total. The number of fused-ring (bicyclic) bond motifs is 3. The molecule has 2 N–H and O–H groups in total. The molecule has 198 valence electrons. The van der Waals surface area contributed by atoms with E-state index in [-0.39, 0.29) is 26.6 Å². The van der Waals surface area contributed by atoms with Gasteiger partial charge in [-0.15, -0.1) is 0 Å². The van der Waals surface area contributed by atoms with E-state index in [0.717, 1.165) is 16.5 Å². The Labute approximate surface area is 228 Å². The zero-order chi connectivity index (χ0) is 26.9. The van der Waals surface area contributed by atoms with E-state index in [4.69, 9.17) is 30.5 Å². The second-order valence-electron chi connectivity index (χ2n) is 9.13. The van der Waals surface area contributed by atoms with Gasteiger partial charge in [0.05, 0.1) is 0 Å². The van der Waals surface area contributed by atoms with Gasteiger partial charge in [0.2, 0.25) is 19.5 Å². The van der Waals surface area contributed by atoms with Crippen molar-refractivity contribution in [1.29, 1.82) is 0 Å². The Morgan fingerprint density at radius 1 is 0.949 bits per heavy atom. The zero-order valence-corrected chi connectivity index (χ0v) is 21.3. The summed E-state index contributed by atoms with van der Waals surface area (Å²) in [5.74, 6) is 0.563. The van der Waals surface area contributed by atoms with E-state index < -0.39 is 17.9 Å². The van der Waals surface area contributed by atoms with Gasteiger partial charge in [0, 0.05) is 47.2 Å². The molecule has 3 aromatic carbocycles. The second-order valence-corrected chi connectivity index (χ2v) is 9.53. The molecule has 0 aliphatic carbocycles. The number of carboxylic acids is 1. The molecule has 1 amide bonds. The van der Waals surface area contributed by atoms with Gasteiger partial charge >= 0.3 is 5.97 Å². The van der Waals surface area contributed by atoms with Crippen LogP contribution in [0.4, 0.5) is 0 Å². The highest BCUT2D eigenvalue weighted by Gasteiger charge is 2.31. The summed E-state index contributed by atoms with van der Waals surface area (Å²) in [4.78, 5) is 30.8. The number of nitrogens with zero attached hydrogens (tertiary/aromatic N) is 1. The highest BCUT2D eigenvalue weighted by molar-refractivity contribution is 6.31. The maximum atomic E-state index is 13.7. The van der Waals surface area contributed by atoms with E-state index >= 15 is 0 Å². The lowest BCUT2D eigenvalue weighted by atomic mass is 10.0. The molecule has 0 saturated carbocycles. The Morgan fingerprint density at radius 2 is 1.67 bits per heavy atom. The number of aliphatic carboxylic acids is 1. The summed E-state index contributed by atoms with van der Waals surface area (Å²) in [6.45, 7) is 0.146.